The van der Waals surface area contributed by atoms with E-state index in [1.807, 2.05) is 73.7 Å². The van der Waals surface area contributed by atoms with Crippen LogP contribution in [0.1, 0.15) is 18.1 Å². The zero-order chi connectivity index (χ0) is 20.9. The molecule has 3 aromatic rings. The Morgan fingerprint density at radius 2 is 1.57 bits per heavy atom. The van der Waals surface area contributed by atoms with Gasteiger partial charge in [0.1, 0.15) is 12.4 Å². The molecule has 0 atom stereocenters. The summed E-state index contributed by atoms with van der Waals surface area (Å²) in [5.74, 6) is 0.601. The van der Waals surface area contributed by atoms with Crippen molar-refractivity contribution in [1.82, 2.24) is 0 Å². The molecule has 0 N–H and O–H groups in total. The number of rotatable bonds is 6. The first kappa shape index (κ1) is 19.4. The quantitative estimate of drug-likeness (QED) is 0.308. The van der Waals surface area contributed by atoms with Crippen LogP contribution >= 0.6 is 0 Å². The van der Waals surface area contributed by atoms with Crippen molar-refractivity contribution in [3.05, 3.63) is 108 Å². The molecule has 0 fully saturated rings. The molecule has 1 aliphatic rings. The molecule has 0 aliphatic carbocycles. The Labute approximate surface area is 175 Å². The number of nitrogens with zero attached hydrogens (tertiary/aromatic N) is 1. The minimum atomic E-state index is -0.459. The monoisotopic (exact) mass is 395 g/mol. The van der Waals surface area contributed by atoms with Gasteiger partial charge in [-0.25, -0.2) is 9.79 Å². The van der Waals surface area contributed by atoms with Crippen molar-refractivity contribution in [2.75, 3.05) is 6.61 Å². The van der Waals surface area contributed by atoms with E-state index >= 15 is 0 Å². The highest BCUT2D eigenvalue weighted by Crippen LogP contribution is 2.23. The second-order valence-electron chi connectivity index (χ2n) is 7.09. The van der Waals surface area contributed by atoms with E-state index in [0.717, 1.165) is 33.6 Å². The molecule has 4 heteroatoms. The molecule has 0 bridgehead atoms. The minimum Gasteiger partial charge on any atom is -0.489 e. The van der Waals surface area contributed by atoms with Crippen LogP contribution in [0.5, 0.6) is 5.75 Å². The first-order valence-electron chi connectivity index (χ1n) is 9.64. The van der Waals surface area contributed by atoms with Crippen LogP contribution < -0.4 is 4.74 Å². The summed E-state index contributed by atoms with van der Waals surface area (Å²) < 4.78 is 11.0. The van der Waals surface area contributed by atoms with E-state index in [1.165, 1.54) is 0 Å². The molecule has 0 saturated carbocycles. The zero-order valence-electron chi connectivity index (χ0n) is 16.7. The molecule has 1 aliphatic heterocycles. The number of ether oxygens (including phenoxy) is 2. The van der Waals surface area contributed by atoms with Crippen LogP contribution in [-0.2, 0) is 9.53 Å². The predicted molar refractivity (Wildman–Crippen MR) is 119 cm³/mol. The van der Waals surface area contributed by atoms with E-state index in [-0.39, 0.29) is 5.70 Å². The molecule has 0 radical (unpaired) electrons. The maximum absolute atomic E-state index is 12.3. The summed E-state index contributed by atoms with van der Waals surface area (Å²) in [5.41, 5.74) is 5.05. The van der Waals surface area contributed by atoms with Gasteiger partial charge in [0.25, 0.3) is 0 Å². The Hall–Kier alpha value is -3.92. The van der Waals surface area contributed by atoms with Gasteiger partial charge in [-0.1, -0.05) is 61.2 Å². The van der Waals surface area contributed by atoms with Crippen molar-refractivity contribution in [2.24, 2.45) is 4.99 Å². The largest absolute Gasteiger partial charge is 0.489 e. The van der Waals surface area contributed by atoms with Gasteiger partial charge in [-0.15, -0.1) is 0 Å². The van der Waals surface area contributed by atoms with Crippen LogP contribution in [0.25, 0.3) is 17.2 Å². The summed E-state index contributed by atoms with van der Waals surface area (Å²) in [6.45, 7) is 6.20. The maximum Gasteiger partial charge on any atom is 0.363 e. The van der Waals surface area contributed by atoms with Crippen LogP contribution in [0.2, 0.25) is 0 Å². The molecule has 3 aromatic carbocycles. The number of esters is 1. The second kappa shape index (κ2) is 8.62. The Morgan fingerprint density at radius 3 is 2.23 bits per heavy atom. The van der Waals surface area contributed by atoms with E-state index in [4.69, 9.17) is 9.47 Å². The fraction of sp³-hybridized carbons (Fsp3) is 0.0769. The van der Waals surface area contributed by atoms with Crippen molar-refractivity contribution in [2.45, 2.75) is 6.92 Å². The Bertz CT molecular complexity index is 1130. The van der Waals surface area contributed by atoms with Gasteiger partial charge in [-0.2, -0.15) is 0 Å². The number of aliphatic imine (C=N–C) groups is 1. The second-order valence-corrected chi connectivity index (χ2v) is 7.09. The maximum atomic E-state index is 12.3. The van der Waals surface area contributed by atoms with Crippen LogP contribution in [-0.4, -0.2) is 18.5 Å². The van der Waals surface area contributed by atoms with Gasteiger partial charge in [0.15, 0.2) is 5.70 Å². The fourth-order valence-corrected chi connectivity index (χ4v) is 2.99. The number of hydrogen-bond donors (Lipinski definition) is 0. The van der Waals surface area contributed by atoms with E-state index in [0.29, 0.717) is 12.5 Å². The van der Waals surface area contributed by atoms with Crippen LogP contribution in [0.3, 0.4) is 0 Å². The summed E-state index contributed by atoms with van der Waals surface area (Å²) in [7, 11) is 0. The lowest BCUT2D eigenvalue weighted by Gasteiger charge is -2.05. The molecule has 4 nitrogen and oxygen atoms in total. The molecule has 0 aromatic heterocycles. The lowest BCUT2D eigenvalue weighted by atomic mass is 10.0. The van der Waals surface area contributed by atoms with Crippen LogP contribution in [0, 0.1) is 0 Å². The van der Waals surface area contributed by atoms with Gasteiger partial charge in [0, 0.05) is 5.56 Å². The molecule has 0 amide bonds. The zero-order valence-corrected chi connectivity index (χ0v) is 16.7. The van der Waals surface area contributed by atoms with Crippen LogP contribution in [0.15, 0.2) is 102 Å². The molecule has 4 rings (SSSR count). The summed E-state index contributed by atoms with van der Waals surface area (Å²) in [6.07, 6.45) is 1.70. The van der Waals surface area contributed by atoms with E-state index in [2.05, 4.69) is 23.7 Å². The summed E-state index contributed by atoms with van der Waals surface area (Å²) in [6, 6.07) is 25.3. The molecule has 0 spiro atoms. The number of carbonyl (C=O) groups is 1. The normalized spacial score (nSPS) is 14.4. The van der Waals surface area contributed by atoms with Gasteiger partial charge in [-0.05, 0) is 59.5 Å². The van der Waals surface area contributed by atoms with Gasteiger partial charge in [0.05, 0.1) is 0 Å². The summed E-state index contributed by atoms with van der Waals surface area (Å²) >= 11 is 0. The number of carbonyl (C=O) groups excluding carboxylic acids is 1. The highest BCUT2D eigenvalue weighted by atomic mass is 16.6. The standard InChI is InChI=1S/C26H21NO3/c1-18(2)17-29-23-14-8-19(9-15-23)16-24-26(28)30-25(27-24)22-12-10-21(11-13-22)20-6-4-3-5-7-20/h3-16H,1,17H2,2H3/b24-16-. The van der Waals surface area contributed by atoms with Crippen molar-refractivity contribution in [1.29, 1.82) is 0 Å². The lowest BCUT2D eigenvalue weighted by Crippen LogP contribution is -2.05. The topological polar surface area (TPSA) is 47.9 Å². The molecule has 1 heterocycles. The van der Waals surface area contributed by atoms with E-state index in [9.17, 15) is 4.79 Å². The molecule has 0 unspecified atom stereocenters. The highest BCUT2D eigenvalue weighted by Gasteiger charge is 2.24. The van der Waals surface area contributed by atoms with Crippen molar-refractivity contribution in [3.8, 4) is 16.9 Å². The van der Waals surface area contributed by atoms with Crippen molar-refractivity contribution < 1.29 is 14.3 Å². The molecule has 30 heavy (non-hydrogen) atoms. The number of cyclic esters (lactones) is 1. The third-order valence-corrected chi connectivity index (χ3v) is 4.53. The smallest absolute Gasteiger partial charge is 0.363 e. The first-order chi connectivity index (χ1) is 14.6. The van der Waals surface area contributed by atoms with E-state index in [1.54, 1.807) is 6.08 Å². The van der Waals surface area contributed by atoms with Gasteiger partial charge < -0.3 is 9.47 Å². The predicted octanol–water partition coefficient (Wildman–Crippen LogP) is 5.65. The average Bonchev–Trinajstić information content (AvgIpc) is 3.14. The summed E-state index contributed by atoms with van der Waals surface area (Å²) in [4.78, 5) is 16.6. The average molecular weight is 395 g/mol. The van der Waals surface area contributed by atoms with E-state index < -0.39 is 5.97 Å². The van der Waals surface area contributed by atoms with Crippen molar-refractivity contribution in [3.63, 3.8) is 0 Å². The molecular weight excluding hydrogens is 374 g/mol. The molecular formula is C26H21NO3. The van der Waals surface area contributed by atoms with Crippen LogP contribution in [0.4, 0.5) is 0 Å². The SMILES string of the molecule is C=C(C)COc1ccc(/C=C2\N=C(c3ccc(-c4ccccc4)cc3)OC2=O)cc1. The third kappa shape index (κ3) is 4.55. The minimum absolute atomic E-state index is 0.271. The Morgan fingerprint density at radius 1 is 0.933 bits per heavy atom. The molecule has 0 saturated heterocycles. The fourth-order valence-electron chi connectivity index (χ4n) is 2.99. The third-order valence-electron chi connectivity index (χ3n) is 4.53. The first-order valence-corrected chi connectivity index (χ1v) is 9.64. The van der Waals surface area contributed by atoms with Gasteiger partial charge in [-0.3, -0.25) is 0 Å². The van der Waals surface area contributed by atoms with Gasteiger partial charge >= 0.3 is 5.97 Å². The number of benzene rings is 3. The highest BCUT2D eigenvalue weighted by molar-refractivity contribution is 6.12. The Kier molecular flexibility index (Phi) is 5.57. The summed E-state index contributed by atoms with van der Waals surface area (Å²) in [5, 5.41) is 0. The Balaban J connectivity index is 1.50. The van der Waals surface area contributed by atoms with Crippen molar-refractivity contribution >= 4 is 17.9 Å². The van der Waals surface area contributed by atoms with Gasteiger partial charge in [0.2, 0.25) is 5.90 Å². The number of hydrogen-bond acceptors (Lipinski definition) is 4. The molecule has 148 valence electrons. The lowest BCUT2D eigenvalue weighted by molar-refractivity contribution is -0.129.